The van der Waals surface area contributed by atoms with Crippen molar-refractivity contribution in [1.29, 1.82) is 0 Å². The van der Waals surface area contributed by atoms with E-state index in [1.165, 1.54) is 13.2 Å². The number of amides is 1. The van der Waals surface area contributed by atoms with Gasteiger partial charge in [-0.2, -0.15) is 4.98 Å². The lowest BCUT2D eigenvalue weighted by molar-refractivity contribution is -0.146. The van der Waals surface area contributed by atoms with Gasteiger partial charge in [0.15, 0.2) is 6.04 Å². The predicted molar refractivity (Wildman–Crippen MR) is 66.8 cm³/mol. The molecule has 0 saturated heterocycles. The van der Waals surface area contributed by atoms with Crippen LogP contribution in [0.4, 0.5) is 5.95 Å². The third-order valence-electron chi connectivity index (χ3n) is 1.94. The Kier molecular flexibility index (Phi) is 5.46. The first-order valence-electron chi connectivity index (χ1n) is 5.29. The Balaban J connectivity index is 2.76. The number of hydrogen-bond donors (Lipinski definition) is 2. The second-order valence-electron chi connectivity index (χ2n) is 3.28. The van der Waals surface area contributed by atoms with Crippen molar-refractivity contribution in [1.82, 2.24) is 9.97 Å². The van der Waals surface area contributed by atoms with E-state index in [4.69, 9.17) is 22.1 Å². The fourth-order valence-corrected chi connectivity index (χ4v) is 1.26. The molecule has 9 heteroatoms. The third-order valence-corrected chi connectivity index (χ3v) is 2.13. The van der Waals surface area contributed by atoms with Gasteiger partial charge in [-0.15, -0.1) is 0 Å². The van der Waals surface area contributed by atoms with Gasteiger partial charge in [-0.3, -0.25) is 10.1 Å². The molecule has 0 aliphatic rings. The molecular formula is C10H13ClN4O4. The average Bonchev–Trinajstić information content (AvgIpc) is 2.37. The van der Waals surface area contributed by atoms with E-state index in [0.29, 0.717) is 0 Å². The van der Waals surface area contributed by atoms with Crippen LogP contribution in [-0.2, 0) is 14.3 Å². The molecule has 3 N–H and O–H groups in total. The highest BCUT2D eigenvalue weighted by Gasteiger charge is 2.24. The van der Waals surface area contributed by atoms with Crippen molar-refractivity contribution >= 4 is 29.4 Å². The minimum Gasteiger partial charge on any atom is -0.481 e. The second kappa shape index (κ2) is 6.86. The van der Waals surface area contributed by atoms with Gasteiger partial charge in [-0.1, -0.05) is 11.6 Å². The first-order valence-corrected chi connectivity index (χ1v) is 5.67. The van der Waals surface area contributed by atoms with E-state index in [2.05, 4.69) is 20.0 Å². The van der Waals surface area contributed by atoms with E-state index in [1.807, 2.05) is 0 Å². The number of nitrogens with two attached hydrogens (primary N) is 1. The number of nitrogens with zero attached hydrogens (tertiary/aromatic N) is 2. The number of anilines is 1. The van der Waals surface area contributed by atoms with Gasteiger partial charge in [0.05, 0.1) is 13.7 Å². The van der Waals surface area contributed by atoms with E-state index in [0.717, 1.165) is 0 Å². The number of ether oxygens (including phenoxy) is 2. The SMILES string of the molecule is CCOC(=O)C(N)C(=O)Nc1nc(Cl)cc(OC)n1. The van der Waals surface area contributed by atoms with E-state index in [9.17, 15) is 9.59 Å². The molecule has 0 saturated carbocycles. The number of methoxy groups -OCH3 is 1. The molecule has 0 aliphatic carbocycles. The molecule has 1 aromatic rings. The maximum atomic E-state index is 11.6. The van der Waals surface area contributed by atoms with Crippen LogP contribution in [0.2, 0.25) is 5.15 Å². The summed E-state index contributed by atoms with van der Waals surface area (Å²) >= 11 is 5.70. The first-order chi connectivity index (χ1) is 8.97. The summed E-state index contributed by atoms with van der Waals surface area (Å²) in [5, 5.41) is 2.32. The average molecular weight is 289 g/mol. The van der Waals surface area contributed by atoms with Crippen LogP contribution >= 0.6 is 11.6 Å². The number of nitrogens with one attached hydrogen (secondary N) is 1. The molecule has 19 heavy (non-hydrogen) atoms. The van der Waals surface area contributed by atoms with Crippen LogP contribution in [0.25, 0.3) is 0 Å². The van der Waals surface area contributed by atoms with Gasteiger partial charge in [0.25, 0.3) is 5.91 Å². The number of aromatic nitrogens is 2. The zero-order chi connectivity index (χ0) is 14.4. The highest BCUT2D eigenvalue weighted by atomic mass is 35.5. The number of hydrogen-bond acceptors (Lipinski definition) is 7. The summed E-state index contributed by atoms with van der Waals surface area (Å²) in [6.07, 6.45) is 0. The third kappa shape index (κ3) is 4.34. The van der Waals surface area contributed by atoms with Crippen molar-refractivity contribution in [3.8, 4) is 5.88 Å². The summed E-state index contributed by atoms with van der Waals surface area (Å²) in [4.78, 5) is 30.5. The smallest absolute Gasteiger partial charge is 0.332 e. The zero-order valence-electron chi connectivity index (χ0n) is 10.3. The monoisotopic (exact) mass is 288 g/mol. The largest absolute Gasteiger partial charge is 0.481 e. The molecule has 1 aromatic heterocycles. The Bertz CT molecular complexity index is 483. The topological polar surface area (TPSA) is 116 Å². The lowest BCUT2D eigenvalue weighted by Crippen LogP contribution is -2.43. The maximum Gasteiger partial charge on any atom is 0.332 e. The quantitative estimate of drug-likeness (QED) is 0.444. The molecule has 0 aromatic carbocycles. The van der Waals surface area contributed by atoms with Crippen LogP contribution in [0, 0.1) is 0 Å². The Labute approximate surface area is 114 Å². The molecule has 0 bridgehead atoms. The minimum absolute atomic E-state index is 0.0758. The normalized spacial score (nSPS) is 11.6. The van der Waals surface area contributed by atoms with Crippen molar-refractivity contribution in [3.05, 3.63) is 11.2 Å². The van der Waals surface area contributed by atoms with Gasteiger partial charge in [0.2, 0.25) is 11.8 Å². The zero-order valence-corrected chi connectivity index (χ0v) is 11.1. The fraction of sp³-hybridized carbons (Fsp3) is 0.400. The van der Waals surface area contributed by atoms with Gasteiger partial charge < -0.3 is 15.2 Å². The van der Waals surface area contributed by atoms with Crippen molar-refractivity contribution in [2.75, 3.05) is 19.0 Å². The number of carbonyl (C=O) groups excluding carboxylic acids is 2. The Morgan fingerprint density at radius 1 is 1.53 bits per heavy atom. The van der Waals surface area contributed by atoms with E-state index in [-0.39, 0.29) is 23.6 Å². The summed E-state index contributed by atoms with van der Waals surface area (Å²) in [6, 6.07) is -0.101. The van der Waals surface area contributed by atoms with Crippen molar-refractivity contribution in [2.24, 2.45) is 5.73 Å². The van der Waals surface area contributed by atoms with E-state index >= 15 is 0 Å². The highest BCUT2D eigenvalue weighted by Crippen LogP contribution is 2.15. The van der Waals surface area contributed by atoms with Gasteiger partial charge in [0, 0.05) is 6.07 Å². The molecule has 104 valence electrons. The number of carbonyl (C=O) groups is 2. The molecular weight excluding hydrogens is 276 g/mol. The summed E-state index contributed by atoms with van der Waals surface area (Å²) in [6.45, 7) is 1.73. The first kappa shape index (κ1) is 15.1. The van der Waals surface area contributed by atoms with Crippen LogP contribution in [0.5, 0.6) is 5.88 Å². The van der Waals surface area contributed by atoms with Crippen LogP contribution in [0.15, 0.2) is 6.07 Å². The van der Waals surface area contributed by atoms with E-state index in [1.54, 1.807) is 6.92 Å². The molecule has 1 atom stereocenters. The van der Waals surface area contributed by atoms with Gasteiger partial charge in [0.1, 0.15) is 5.15 Å². The second-order valence-corrected chi connectivity index (χ2v) is 3.66. The number of esters is 1. The summed E-state index contributed by atoms with van der Waals surface area (Å²) in [5.41, 5.74) is 5.40. The standard InChI is InChI=1S/C10H13ClN4O4/c1-3-19-9(17)7(12)8(16)15-10-13-5(11)4-6(14-10)18-2/h4,7H,3,12H2,1-2H3,(H,13,14,15,16). The van der Waals surface area contributed by atoms with Gasteiger partial charge in [-0.25, -0.2) is 9.78 Å². The van der Waals surface area contributed by atoms with Crippen LogP contribution in [0.1, 0.15) is 6.92 Å². The van der Waals surface area contributed by atoms with Crippen LogP contribution in [0.3, 0.4) is 0 Å². The predicted octanol–water partition coefficient (Wildman–Crippen LogP) is -0.0325. The van der Waals surface area contributed by atoms with E-state index < -0.39 is 17.9 Å². The summed E-state index contributed by atoms with van der Waals surface area (Å²) < 4.78 is 9.47. The molecule has 1 rings (SSSR count). The van der Waals surface area contributed by atoms with Crippen molar-refractivity contribution in [2.45, 2.75) is 13.0 Å². The molecule has 0 spiro atoms. The van der Waals surface area contributed by atoms with Crippen molar-refractivity contribution in [3.63, 3.8) is 0 Å². The molecule has 1 heterocycles. The molecule has 0 aliphatic heterocycles. The molecule has 0 radical (unpaired) electrons. The molecule has 1 amide bonds. The Hall–Kier alpha value is -1.93. The highest BCUT2D eigenvalue weighted by molar-refractivity contribution is 6.29. The lowest BCUT2D eigenvalue weighted by Gasteiger charge is -2.10. The van der Waals surface area contributed by atoms with Gasteiger partial charge >= 0.3 is 5.97 Å². The molecule has 1 unspecified atom stereocenters. The molecule has 0 fully saturated rings. The summed E-state index contributed by atoms with van der Waals surface area (Å²) in [5.74, 6) is -1.59. The van der Waals surface area contributed by atoms with Crippen LogP contribution < -0.4 is 15.8 Å². The van der Waals surface area contributed by atoms with Gasteiger partial charge in [-0.05, 0) is 6.92 Å². The molecule has 8 nitrogen and oxygen atoms in total. The Morgan fingerprint density at radius 2 is 2.21 bits per heavy atom. The number of halogens is 1. The number of rotatable bonds is 5. The Morgan fingerprint density at radius 3 is 2.79 bits per heavy atom. The van der Waals surface area contributed by atoms with Crippen LogP contribution in [-0.4, -0.2) is 41.6 Å². The van der Waals surface area contributed by atoms with Crippen molar-refractivity contribution < 1.29 is 19.1 Å². The maximum absolute atomic E-state index is 11.6. The minimum atomic E-state index is -1.46. The fourth-order valence-electron chi connectivity index (χ4n) is 1.08. The lowest BCUT2D eigenvalue weighted by atomic mass is 10.3. The summed E-state index contributed by atoms with van der Waals surface area (Å²) in [7, 11) is 1.38.